The summed E-state index contributed by atoms with van der Waals surface area (Å²) in [4.78, 5) is 11.8. The van der Waals surface area contributed by atoms with Gasteiger partial charge in [-0.25, -0.2) is 0 Å². The lowest BCUT2D eigenvalue weighted by molar-refractivity contribution is -0.117. The molecule has 1 amide bonds. The highest BCUT2D eigenvalue weighted by molar-refractivity contribution is 5.94. The highest BCUT2D eigenvalue weighted by Crippen LogP contribution is 2.30. The van der Waals surface area contributed by atoms with Crippen LogP contribution in [0.4, 0.5) is 11.4 Å². The Kier molecular flexibility index (Phi) is 3.91. The van der Waals surface area contributed by atoms with Gasteiger partial charge >= 0.3 is 0 Å². The van der Waals surface area contributed by atoms with Gasteiger partial charge in [0.1, 0.15) is 0 Å². The van der Waals surface area contributed by atoms with Crippen molar-refractivity contribution in [2.45, 2.75) is 26.3 Å². The van der Waals surface area contributed by atoms with Gasteiger partial charge in [0.2, 0.25) is 5.91 Å². The van der Waals surface area contributed by atoms with Crippen LogP contribution >= 0.6 is 0 Å². The average Bonchev–Trinajstić information content (AvgIpc) is 3.32. The van der Waals surface area contributed by atoms with E-state index in [9.17, 15) is 4.79 Å². The standard InChI is InChI=1S/C18H20N2O/c1-13-5-7-14(8-6-13)12-19-16-3-2-4-17(11-16)20-18(21)15-9-10-15/h2-8,11,15,19H,9-10,12H2,1H3,(H,20,21). The van der Waals surface area contributed by atoms with Gasteiger partial charge in [-0.15, -0.1) is 0 Å². The number of nitrogens with one attached hydrogen (secondary N) is 2. The molecule has 3 nitrogen and oxygen atoms in total. The van der Waals surface area contributed by atoms with E-state index in [1.165, 1.54) is 11.1 Å². The van der Waals surface area contributed by atoms with Crippen molar-refractivity contribution in [3.05, 3.63) is 59.7 Å². The zero-order valence-corrected chi connectivity index (χ0v) is 12.2. The van der Waals surface area contributed by atoms with Gasteiger partial charge in [-0.2, -0.15) is 0 Å². The summed E-state index contributed by atoms with van der Waals surface area (Å²) in [7, 11) is 0. The average molecular weight is 280 g/mol. The largest absolute Gasteiger partial charge is 0.381 e. The van der Waals surface area contributed by atoms with Gasteiger partial charge < -0.3 is 10.6 Å². The molecule has 0 atom stereocenters. The first-order valence-electron chi connectivity index (χ1n) is 7.41. The first-order chi connectivity index (χ1) is 10.2. The number of amides is 1. The molecular formula is C18H20N2O. The van der Waals surface area contributed by atoms with Crippen LogP contribution in [0, 0.1) is 12.8 Å². The van der Waals surface area contributed by atoms with E-state index in [0.29, 0.717) is 0 Å². The Labute approximate surface area is 125 Å². The molecule has 2 N–H and O–H groups in total. The summed E-state index contributed by atoms with van der Waals surface area (Å²) >= 11 is 0. The molecule has 3 rings (SSSR count). The Hall–Kier alpha value is -2.29. The summed E-state index contributed by atoms with van der Waals surface area (Å²) in [6, 6.07) is 16.4. The molecule has 0 heterocycles. The summed E-state index contributed by atoms with van der Waals surface area (Å²) in [6.07, 6.45) is 2.05. The minimum Gasteiger partial charge on any atom is -0.381 e. The van der Waals surface area contributed by atoms with Crippen LogP contribution in [0.25, 0.3) is 0 Å². The summed E-state index contributed by atoms with van der Waals surface area (Å²) < 4.78 is 0. The lowest BCUT2D eigenvalue weighted by atomic mass is 10.1. The summed E-state index contributed by atoms with van der Waals surface area (Å²) in [6.45, 7) is 2.86. The van der Waals surface area contributed by atoms with Crippen LogP contribution in [0.3, 0.4) is 0 Å². The minimum absolute atomic E-state index is 0.144. The summed E-state index contributed by atoms with van der Waals surface area (Å²) in [5, 5.41) is 6.36. The van der Waals surface area contributed by atoms with E-state index in [4.69, 9.17) is 0 Å². The molecule has 1 aliphatic rings. The second-order valence-electron chi connectivity index (χ2n) is 5.68. The van der Waals surface area contributed by atoms with Crippen molar-refractivity contribution in [2.24, 2.45) is 5.92 Å². The fourth-order valence-corrected chi connectivity index (χ4v) is 2.21. The fraction of sp³-hybridized carbons (Fsp3) is 0.278. The van der Waals surface area contributed by atoms with E-state index in [2.05, 4.69) is 41.8 Å². The molecule has 1 aliphatic carbocycles. The number of hydrogen-bond donors (Lipinski definition) is 2. The van der Waals surface area contributed by atoms with E-state index < -0.39 is 0 Å². The SMILES string of the molecule is Cc1ccc(CNc2cccc(NC(=O)C3CC3)c2)cc1. The lowest BCUT2D eigenvalue weighted by Gasteiger charge is -2.10. The lowest BCUT2D eigenvalue weighted by Crippen LogP contribution is -2.13. The number of carbonyl (C=O) groups is 1. The van der Waals surface area contributed by atoms with E-state index in [1.54, 1.807) is 0 Å². The smallest absolute Gasteiger partial charge is 0.227 e. The molecular weight excluding hydrogens is 260 g/mol. The second-order valence-corrected chi connectivity index (χ2v) is 5.68. The van der Waals surface area contributed by atoms with Gasteiger partial charge in [0.05, 0.1) is 0 Å². The third kappa shape index (κ3) is 3.85. The van der Waals surface area contributed by atoms with Crippen molar-refractivity contribution in [1.29, 1.82) is 0 Å². The Morgan fingerprint density at radius 2 is 1.81 bits per heavy atom. The van der Waals surface area contributed by atoms with Gasteiger partial charge in [-0.3, -0.25) is 4.79 Å². The zero-order chi connectivity index (χ0) is 14.7. The van der Waals surface area contributed by atoms with Crippen molar-refractivity contribution in [2.75, 3.05) is 10.6 Å². The van der Waals surface area contributed by atoms with Crippen LogP contribution < -0.4 is 10.6 Å². The molecule has 2 aromatic rings. The van der Waals surface area contributed by atoms with Crippen molar-refractivity contribution in [3.63, 3.8) is 0 Å². The number of anilines is 2. The molecule has 0 unspecified atom stereocenters. The Balaban J connectivity index is 1.60. The Morgan fingerprint density at radius 3 is 2.52 bits per heavy atom. The number of rotatable bonds is 5. The molecule has 108 valence electrons. The van der Waals surface area contributed by atoms with Gasteiger partial charge in [0.15, 0.2) is 0 Å². The van der Waals surface area contributed by atoms with Gasteiger partial charge in [0.25, 0.3) is 0 Å². The topological polar surface area (TPSA) is 41.1 Å². The third-order valence-corrected chi connectivity index (χ3v) is 3.70. The van der Waals surface area contributed by atoms with Crippen molar-refractivity contribution in [1.82, 2.24) is 0 Å². The van der Waals surface area contributed by atoms with Crippen molar-refractivity contribution >= 4 is 17.3 Å². The molecule has 0 aliphatic heterocycles. The van der Waals surface area contributed by atoms with Gasteiger partial charge in [-0.05, 0) is 43.5 Å². The number of carbonyl (C=O) groups excluding carboxylic acids is 1. The minimum atomic E-state index is 0.144. The zero-order valence-electron chi connectivity index (χ0n) is 12.2. The quantitative estimate of drug-likeness (QED) is 0.870. The molecule has 2 aromatic carbocycles. The maximum atomic E-state index is 11.8. The molecule has 0 saturated heterocycles. The van der Waals surface area contributed by atoms with Crippen LogP contribution in [-0.2, 0) is 11.3 Å². The number of hydrogen-bond acceptors (Lipinski definition) is 2. The molecule has 0 spiro atoms. The van der Waals surface area contributed by atoms with Crippen LogP contribution in [-0.4, -0.2) is 5.91 Å². The molecule has 1 saturated carbocycles. The van der Waals surface area contributed by atoms with Crippen LogP contribution in [0.5, 0.6) is 0 Å². The fourth-order valence-electron chi connectivity index (χ4n) is 2.21. The van der Waals surface area contributed by atoms with Gasteiger partial charge in [-0.1, -0.05) is 35.9 Å². The molecule has 1 fully saturated rings. The summed E-state index contributed by atoms with van der Waals surface area (Å²) in [5.74, 6) is 0.375. The number of benzene rings is 2. The van der Waals surface area contributed by atoms with Crippen LogP contribution in [0.2, 0.25) is 0 Å². The maximum Gasteiger partial charge on any atom is 0.227 e. The van der Waals surface area contributed by atoms with E-state index in [0.717, 1.165) is 30.8 Å². The predicted molar refractivity (Wildman–Crippen MR) is 86.3 cm³/mol. The van der Waals surface area contributed by atoms with E-state index >= 15 is 0 Å². The first kappa shape index (κ1) is 13.7. The normalized spacial score (nSPS) is 13.8. The van der Waals surface area contributed by atoms with Gasteiger partial charge in [0, 0.05) is 23.8 Å². The highest BCUT2D eigenvalue weighted by Gasteiger charge is 2.29. The van der Waals surface area contributed by atoms with Crippen molar-refractivity contribution in [3.8, 4) is 0 Å². The van der Waals surface area contributed by atoms with Crippen molar-refractivity contribution < 1.29 is 4.79 Å². The third-order valence-electron chi connectivity index (χ3n) is 3.70. The number of aryl methyl sites for hydroxylation is 1. The Bertz CT molecular complexity index is 630. The molecule has 0 radical (unpaired) electrons. The maximum absolute atomic E-state index is 11.8. The molecule has 0 bridgehead atoms. The summed E-state index contributed by atoms with van der Waals surface area (Å²) in [5.41, 5.74) is 4.39. The molecule has 0 aromatic heterocycles. The first-order valence-corrected chi connectivity index (χ1v) is 7.41. The van der Waals surface area contributed by atoms with Crippen LogP contribution in [0.1, 0.15) is 24.0 Å². The molecule has 21 heavy (non-hydrogen) atoms. The Morgan fingerprint density at radius 1 is 1.10 bits per heavy atom. The predicted octanol–water partition coefficient (Wildman–Crippen LogP) is 3.96. The monoisotopic (exact) mass is 280 g/mol. The van der Waals surface area contributed by atoms with E-state index in [1.807, 2.05) is 24.3 Å². The van der Waals surface area contributed by atoms with E-state index in [-0.39, 0.29) is 11.8 Å². The van der Waals surface area contributed by atoms with Crippen LogP contribution in [0.15, 0.2) is 48.5 Å². The second kappa shape index (κ2) is 6.00. The highest BCUT2D eigenvalue weighted by atomic mass is 16.2. The molecule has 3 heteroatoms.